The summed E-state index contributed by atoms with van der Waals surface area (Å²) >= 11 is 0. The molecule has 110 valence electrons. The van der Waals surface area contributed by atoms with Gasteiger partial charge in [-0.1, -0.05) is 25.1 Å². The van der Waals surface area contributed by atoms with Crippen molar-refractivity contribution in [3.8, 4) is 11.6 Å². The van der Waals surface area contributed by atoms with Crippen molar-refractivity contribution in [2.24, 2.45) is 0 Å². The van der Waals surface area contributed by atoms with E-state index in [-0.39, 0.29) is 6.10 Å². The molecule has 3 rings (SSSR count). The average molecular weight is 284 g/mol. The fourth-order valence-electron chi connectivity index (χ4n) is 2.76. The van der Waals surface area contributed by atoms with Crippen molar-refractivity contribution in [3.05, 3.63) is 53.7 Å². The van der Waals surface area contributed by atoms with Crippen LogP contribution in [0.1, 0.15) is 36.6 Å². The third-order valence-corrected chi connectivity index (χ3v) is 3.80. The van der Waals surface area contributed by atoms with Gasteiger partial charge in [-0.3, -0.25) is 0 Å². The highest BCUT2D eigenvalue weighted by Crippen LogP contribution is 2.40. The molecule has 0 saturated carbocycles. The highest BCUT2D eigenvalue weighted by molar-refractivity contribution is 5.39. The van der Waals surface area contributed by atoms with Gasteiger partial charge in [0.25, 0.3) is 0 Å². The van der Waals surface area contributed by atoms with Crippen molar-refractivity contribution in [2.75, 3.05) is 13.7 Å². The van der Waals surface area contributed by atoms with Crippen LogP contribution < -0.4 is 14.8 Å². The Morgan fingerprint density at radius 2 is 2.14 bits per heavy atom. The Hall–Kier alpha value is -2.07. The average Bonchev–Trinajstić information content (AvgIpc) is 2.55. The number of para-hydroxylation sites is 1. The van der Waals surface area contributed by atoms with E-state index in [1.54, 1.807) is 7.11 Å². The third-order valence-electron chi connectivity index (χ3n) is 3.80. The number of fused-ring (bicyclic) bond motifs is 1. The number of rotatable bonds is 4. The summed E-state index contributed by atoms with van der Waals surface area (Å²) in [5, 5.41) is 3.54. The SMILES string of the molecule is CCNC1CC(c2ccc(OC)nc2)Oc2ccccc21. The minimum Gasteiger partial charge on any atom is -0.485 e. The number of benzene rings is 1. The van der Waals surface area contributed by atoms with Crippen molar-refractivity contribution in [1.82, 2.24) is 10.3 Å². The maximum atomic E-state index is 6.15. The van der Waals surface area contributed by atoms with Crippen LogP contribution in [0.25, 0.3) is 0 Å². The largest absolute Gasteiger partial charge is 0.485 e. The predicted octanol–water partition coefficient (Wildman–Crippen LogP) is 3.26. The third kappa shape index (κ3) is 2.85. The number of ether oxygens (including phenoxy) is 2. The molecule has 1 aliphatic rings. The van der Waals surface area contributed by atoms with Gasteiger partial charge >= 0.3 is 0 Å². The van der Waals surface area contributed by atoms with Crippen molar-refractivity contribution in [1.29, 1.82) is 0 Å². The number of nitrogens with one attached hydrogen (secondary N) is 1. The van der Waals surface area contributed by atoms with Crippen molar-refractivity contribution >= 4 is 0 Å². The first-order chi connectivity index (χ1) is 10.3. The van der Waals surface area contributed by atoms with E-state index in [1.807, 2.05) is 30.5 Å². The number of pyridine rings is 1. The van der Waals surface area contributed by atoms with E-state index < -0.39 is 0 Å². The van der Waals surface area contributed by atoms with Crippen molar-refractivity contribution in [3.63, 3.8) is 0 Å². The quantitative estimate of drug-likeness (QED) is 0.936. The maximum absolute atomic E-state index is 6.15. The summed E-state index contributed by atoms with van der Waals surface area (Å²) in [6.45, 7) is 3.06. The Morgan fingerprint density at radius 1 is 1.29 bits per heavy atom. The lowest BCUT2D eigenvalue weighted by atomic mass is 9.93. The van der Waals surface area contributed by atoms with E-state index in [1.165, 1.54) is 5.56 Å². The summed E-state index contributed by atoms with van der Waals surface area (Å²) in [4.78, 5) is 4.28. The summed E-state index contributed by atoms with van der Waals surface area (Å²) in [5.74, 6) is 1.58. The van der Waals surface area contributed by atoms with Gasteiger partial charge in [0.1, 0.15) is 11.9 Å². The Labute approximate surface area is 125 Å². The van der Waals surface area contributed by atoms with Crippen LogP contribution in [0.2, 0.25) is 0 Å². The summed E-state index contributed by atoms with van der Waals surface area (Å²) < 4.78 is 11.3. The van der Waals surface area contributed by atoms with E-state index >= 15 is 0 Å². The van der Waals surface area contributed by atoms with Crippen molar-refractivity contribution in [2.45, 2.75) is 25.5 Å². The lowest BCUT2D eigenvalue weighted by Crippen LogP contribution is -2.29. The minimum absolute atomic E-state index is 0.0161. The summed E-state index contributed by atoms with van der Waals surface area (Å²) in [6.07, 6.45) is 2.75. The highest BCUT2D eigenvalue weighted by atomic mass is 16.5. The second kappa shape index (κ2) is 6.14. The Bertz CT molecular complexity index is 598. The summed E-state index contributed by atoms with van der Waals surface area (Å²) in [7, 11) is 1.62. The molecule has 0 bridgehead atoms. The van der Waals surface area contributed by atoms with Gasteiger partial charge in [0.15, 0.2) is 0 Å². The lowest BCUT2D eigenvalue weighted by molar-refractivity contribution is 0.151. The van der Waals surface area contributed by atoms with Crippen LogP contribution in [0.4, 0.5) is 0 Å². The molecule has 0 aliphatic carbocycles. The zero-order valence-electron chi connectivity index (χ0n) is 12.4. The molecule has 1 aliphatic heterocycles. The molecule has 2 atom stereocenters. The first kappa shape index (κ1) is 13.9. The van der Waals surface area contributed by atoms with Crippen LogP contribution in [0.5, 0.6) is 11.6 Å². The van der Waals surface area contributed by atoms with E-state index in [2.05, 4.69) is 29.4 Å². The normalized spacial score (nSPS) is 20.5. The zero-order chi connectivity index (χ0) is 14.7. The molecule has 21 heavy (non-hydrogen) atoms. The van der Waals surface area contributed by atoms with Gasteiger partial charge in [0.2, 0.25) is 5.88 Å². The predicted molar refractivity (Wildman–Crippen MR) is 81.6 cm³/mol. The van der Waals surface area contributed by atoms with E-state index in [9.17, 15) is 0 Å². The molecule has 2 heterocycles. The van der Waals surface area contributed by atoms with Crippen LogP contribution >= 0.6 is 0 Å². The van der Waals surface area contributed by atoms with E-state index in [0.29, 0.717) is 11.9 Å². The molecule has 2 unspecified atom stereocenters. The molecule has 1 aromatic heterocycles. The van der Waals surface area contributed by atoms with Crippen LogP contribution in [0, 0.1) is 0 Å². The Morgan fingerprint density at radius 3 is 2.86 bits per heavy atom. The van der Waals surface area contributed by atoms with Gasteiger partial charge in [0.05, 0.1) is 7.11 Å². The first-order valence-electron chi connectivity index (χ1n) is 7.30. The van der Waals surface area contributed by atoms with E-state index in [4.69, 9.17) is 9.47 Å². The van der Waals surface area contributed by atoms with Gasteiger partial charge < -0.3 is 14.8 Å². The fraction of sp³-hybridized carbons (Fsp3) is 0.353. The number of methoxy groups -OCH3 is 1. The van der Waals surface area contributed by atoms with Crippen LogP contribution in [-0.2, 0) is 0 Å². The van der Waals surface area contributed by atoms with Crippen LogP contribution in [0.15, 0.2) is 42.6 Å². The van der Waals surface area contributed by atoms with Crippen LogP contribution in [0.3, 0.4) is 0 Å². The highest BCUT2D eigenvalue weighted by Gasteiger charge is 2.28. The molecule has 0 fully saturated rings. The second-order valence-corrected chi connectivity index (χ2v) is 5.12. The molecular weight excluding hydrogens is 264 g/mol. The fourth-order valence-corrected chi connectivity index (χ4v) is 2.76. The summed E-state index contributed by atoms with van der Waals surface area (Å²) in [5.41, 5.74) is 2.31. The number of nitrogens with zero attached hydrogens (tertiary/aromatic N) is 1. The number of aromatic nitrogens is 1. The molecule has 2 aromatic rings. The molecular formula is C17H20N2O2. The smallest absolute Gasteiger partial charge is 0.212 e. The second-order valence-electron chi connectivity index (χ2n) is 5.12. The standard InChI is InChI=1S/C17H20N2O2/c1-3-18-14-10-16(12-8-9-17(20-2)19-11-12)21-15-7-5-4-6-13(14)15/h4-9,11,14,16,18H,3,10H2,1-2H3. The molecule has 4 heteroatoms. The molecule has 0 spiro atoms. The lowest BCUT2D eigenvalue weighted by Gasteiger charge is -2.32. The van der Waals surface area contributed by atoms with Gasteiger partial charge in [-0.2, -0.15) is 0 Å². The molecule has 4 nitrogen and oxygen atoms in total. The molecule has 0 amide bonds. The first-order valence-corrected chi connectivity index (χ1v) is 7.30. The molecule has 0 saturated heterocycles. The maximum Gasteiger partial charge on any atom is 0.212 e. The number of hydrogen-bond acceptors (Lipinski definition) is 4. The zero-order valence-corrected chi connectivity index (χ0v) is 12.4. The monoisotopic (exact) mass is 284 g/mol. The van der Waals surface area contributed by atoms with Gasteiger partial charge in [-0.25, -0.2) is 4.98 Å². The number of hydrogen-bond donors (Lipinski definition) is 1. The summed E-state index contributed by atoms with van der Waals surface area (Å²) in [6, 6.07) is 12.4. The Kier molecular flexibility index (Phi) is 4.06. The topological polar surface area (TPSA) is 43.4 Å². The van der Waals surface area contributed by atoms with Crippen LogP contribution in [-0.4, -0.2) is 18.6 Å². The van der Waals surface area contributed by atoms with Gasteiger partial charge in [-0.15, -0.1) is 0 Å². The molecule has 1 aromatic carbocycles. The minimum atomic E-state index is 0.0161. The van der Waals surface area contributed by atoms with Gasteiger partial charge in [-0.05, 0) is 18.7 Å². The molecule has 0 radical (unpaired) electrons. The van der Waals surface area contributed by atoms with Crippen molar-refractivity contribution < 1.29 is 9.47 Å². The van der Waals surface area contributed by atoms with Gasteiger partial charge in [0, 0.05) is 35.9 Å². The Balaban J connectivity index is 1.88. The molecule has 1 N–H and O–H groups in total. The van der Waals surface area contributed by atoms with E-state index in [0.717, 1.165) is 24.3 Å².